The Balaban J connectivity index is 1.19. The van der Waals surface area contributed by atoms with Gasteiger partial charge in [0.15, 0.2) is 5.78 Å². The van der Waals surface area contributed by atoms with Gasteiger partial charge in [-0.1, -0.05) is 78.9 Å². The molecule has 1 aliphatic heterocycles. The molecular weight excluding hydrogens is 565 g/mol. The van der Waals surface area contributed by atoms with Gasteiger partial charge in [0.25, 0.3) is 0 Å². The van der Waals surface area contributed by atoms with Crippen LogP contribution < -0.4 is 4.90 Å². The van der Waals surface area contributed by atoms with E-state index in [4.69, 9.17) is 4.74 Å². The molecule has 0 saturated carbocycles. The maximum atomic E-state index is 13.3. The maximum absolute atomic E-state index is 13.3. The van der Waals surface area contributed by atoms with Gasteiger partial charge in [-0.3, -0.25) is 14.5 Å². The van der Waals surface area contributed by atoms with E-state index in [2.05, 4.69) is 9.80 Å². The zero-order chi connectivity index (χ0) is 31.1. The van der Waals surface area contributed by atoms with Crippen molar-refractivity contribution in [2.75, 3.05) is 44.2 Å². The molecule has 0 N–H and O–H groups in total. The highest BCUT2D eigenvalue weighted by Crippen LogP contribution is 2.32. The van der Waals surface area contributed by atoms with Gasteiger partial charge in [0.2, 0.25) is 0 Å². The number of anilines is 1. The predicted octanol–water partition coefficient (Wildman–Crippen LogP) is 7.27. The van der Waals surface area contributed by atoms with Gasteiger partial charge in [-0.25, -0.2) is 0 Å². The zero-order valence-electron chi connectivity index (χ0n) is 24.6. The number of benzene rings is 4. The SMILES string of the molecule is CCOC(=O)C(CN1CCN(c2ccc(CC(=O)c3ccccc3-c3ccc(C(F)(F)F)cc3)cc2)CC1)c1ccccc1. The van der Waals surface area contributed by atoms with Crippen LogP contribution in [0.2, 0.25) is 0 Å². The third-order valence-electron chi connectivity index (χ3n) is 8.00. The van der Waals surface area contributed by atoms with Crippen LogP contribution in [0, 0.1) is 0 Å². The highest BCUT2D eigenvalue weighted by atomic mass is 19.4. The lowest BCUT2D eigenvalue weighted by atomic mass is 9.93. The van der Waals surface area contributed by atoms with Crippen LogP contribution in [0.3, 0.4) is 0 Å². The number of rotatable bonds is 10. The fourth-order valence-corrected chi connectivity index (χ4v) is 5.61. The second-order valence-corrected chi connectivity index (χ2v) is 10.9. The van der Waals surface area contributed by atoms with Crippen LogP contribution in [0.15, 0.2) is 103 Å². The molecule has 1 saturated heterocycles. The summed E-state index contributed by atoms with van der Waals surface area (Å²) in [7, 11) is 0. The molecule has 0 radical (unpaired) electrons. The molecule has 0 amide bonds. The minimum Gasteiger partial charge on any atom is -0.465 e. The van der Waals surface area contributed by atoms with Crippen molar-refractivity contribution >= 4 is 17.4 Å². The molecule has 0 aromatic heterocycles. The van der Waals surface area contributed by atoms with E-state index in [1.54, 1.807) is 24.3 Å². The number of hydrogen-bond acceptors (Lipinski definition) is 5. The van der Waals surface area contributed by atoms with Crippen molar-refractivity contribution in [1.82, 2.24) is 4.90 Å². The van der Waals surface area contributed by atoms with Crippen LogP contribution in [-0.2, 0) is 22.1 Å². The highest BCUT2D eigenvalue weighted by molar-refractivity contribution is 6.03. The summed E-state index contributed by atoms with van der Waals surface area (Å²) in [5.41, 5.74) is 3.81. The van der Waals surface area contributed by atoms with Crippen molar-refractivity contribution in [2.24, 2.45) is 0 Å². The van der Waals surface area contributed by atoms with Crippen molar-refractivity contribution in [3.63, 3.8) is 0 Å². The summed E-state index contributed by atoms with van der Waals surface area (Å²) in [4.78, 5) is 30.6. The van der Waals surface area contributed by atoms with E-state index in [-0.39, 0.29) is 24.1 Å². The van der Waals surface area contributed by atoms with Crippen LogP contribution in [0.1, 0.15) is 39.9 Å². The number of carbonyl (C=O) groups is 2. The van der Waals surface area contributed by atoms with E-state index in [9.17, 15) is 22.8 Å². The first-order chi connectivity index (χ1) is 21.2. The summed E-state index contributed by atoms with van der Waals surface area (Å²) in [6.07, 6.45) is -4.23. The summed E-state index contributed by atoms with van der Waals surface area (Å²) in [5, 5.41) is 0. The minimum atomic E-state index is -4.41. The monoisotopic (exact) mass is 600 g/mol. The summed E-state index contributed by atoms with van der Waals surface area (Å²) in [5.74, 6) is -0.631. The van der Waals surface area contributed by atoms with Gasteiger partial charge in [0.1, 0.15) is 0 Å². The zero-order valence-corrected chi connectivity index (χ0v) is 24.6. The lowest BCUT2D eigenvalue weighted by Gasteiger charge is -2.37. The number of esters is 1. The summed E-state index contributed by atoms with van der Waals surface area (Å²) < 4.78 is 44.4. The molecule has 0 spiro atoms. The average molecular weight is 601 g/mol. The lowest BCUT2D eigenvalue weighted by Crippen LogP contribution is -2.48. The first kappa shape index (κ1) is 31.0. The lowest BCUT2D eigenvalue weighted by molar-refractivity contribution is -0.145. The smallest absolute Gasteiger partial charge is 0.416 e. The fourth-order valence-electron chi connectivity index (χ4n) is 5.61. The molecule has 4 aromatic rings. The molecule has 1 unspecified atom stereocenters. The van der Waals surface area contributed by atoms with E-state index >= 15 is 0 Å². The molecule has 44 heavy (non-hydrogen) atoms. The Bertz CT molecular complexity index is 1550. The number of alkyl halides is 3. The van der Waals surface area contributed by atoms with Crippen molar-refractivity contribution in [3.8, 4) is 11.1 Å². The Hall–Kier alpha value is -4.43. The van der Waals surface area contributed by atoms with Crippen LogP contribution >= 0.6 is 0 Å². The van der Waals surface area contributed by atoms with E-state index in [0.29, 0.717) is 29.8 Å². The molecule has 4 aromatic carbocycles. The molecule has 0 bridgehead atoms. The number of nitrogens with zero attached hydrogens (tertiary/aromatic N) is 2. The third-order valence-corrected chi connectivity index (χ3v) is 8.00. The summed E-state index contributed by atoms with van der Waals surface area (Å²) >= 11 is 0. The Labute approximate surface area is 255 Å². The topological polar surface area (TPSA) is 49.9 Å². The molecule has 5 nitrogen and oxygen atoms in total. The molecule has 228 valence electrons. The van der Waals surface area contributed by atoms with Gasteiger partial charge in [0, 0.05) is 50.4 Å². The standard InChI is InChI=1S/C36H35F3N2O3/c1-2-44-35(43)33(27-8-4-3-5-9-27)25-40-20-22-41(23-21-40)30-18-12-26(13-19-30)24-34(42)32-11-7-6-10-31(32)28-14-16-29(17-15-28)36(37,38)39/h3-19,33H,2,20-25H2,1H3. The molecule has 1 fully saturated rings. The van der Waals surface area contributed by atoms with E-state index < -0.39 is 11.7 Å². The molecule has 5 rings (SSSR count). The first-order valence-corrected chi connectivity index (χ1v) is 14.8. The molecule has 1 aliphatic rings. The molecule has 0 aliphatic carbocycles. The molecular formula is C36H35F3N2O3. The van der Waals surface area contributed by atoms with Gasteiger partial charge < -0.3 is 9.64 Å². The number of ether oxygens (including phenoxy) is 1. The number of halogens is 3. The van der Waals surface area contributed by atoms with Gasteiger partial charge in [-0.2, -0.15) is 13.2 Å². The molecule has 1 heterocycles. The van der Waals surface area contributed by atoms with E-state index in [1.165, 1.54) is 12.1 Å². The van der Waals surface area contributed by atoms with E-state index in [0.717, 1.165) is 55.1 Å². The first-order valence-electron chi connectivity index (χ1n) is 14.8. The number of Topliss-reactive ketones (excluding diaryl/α,β-unsaturated/α-hetero) is 1. The summed E-state index contributed by atoms with van der Waals surface area (Å²) in [6, 6.07) is 29.6. The molecule has 8 heteroatoms. The van der Waals surface area contributed by atoms with Gasteiger partial charge in [0.05, 0.1) is 18.1 Å². The Morgan fingerprint density at radius 2 is 1.43 bits per heavy atom. The van der Waals surface area contributed by atoms with Gasteiger partial charge in [-0.05, 0) is 53.4 Å². The fraction of sp³-hybridized carbons (Fsp3) is 0.278. The Morgan fingerprint density at radius 3 is 2.07 bits per heavy atom. The minimum absolute atomic E-state index is 0.101. The quantitative estimate of drug-likeness (QED) is 0.142. The average Bonchev–Trinajstić information content (AvgIpc) is 3.04. The predicted molar refractivity (Wildman–Crippen MR) is 166 cm³/mol. The van der Waals surface area contributed by atoms with Crippen LogP contribution in [0.5, 0.6) is 0 Å². The van der Waals surface area contributed by atoms with E-state index in [1.807, 2.05) is 61.5 Å². The van der Waals surface area contributed by atoms with Crippen molar-refractivity contribution in [2.45, 2.75) is 25.4 Å². The Kier molecular flexibility index (Phi) is 9.80. The Morgan fingerprint density at radius 1 is 0.795 bits per heavy atom. The largest absolute Gasteiger partial charge is 0.465 e. The van der Waals surface area contributed by atoms with Crippen molar-refractivity contribution in [3.05, 3.63) is 125 Å². The third kappa shape index (κ3) is 7.55. The normalized spacial score (nSPS) is 14.7. The van der Waals surface area contributed by atoms with Gasteiger partial charge >= 0.3 is 12.1 Å². The van der Waals surface area contributed by atoms with Crippen LogP contribution in [0.25, 0.3) is 11.1 Å². The number of hydrogen-bond donors (Lipinski definition) is 0. The summed E-state index contributed by atoms with van der Waals surface area (Å²) in [6.45, 7) is 6.01. The van der Waals surface area contributed by atoms with Crippen LogP contribution in [-0.4, -0.2) is 56.0 Å². The van der Waals surface area contributed by atoms with Gasteiger partial charge in [-0.15, -0.1) is 0 Å². The second-order valence-electron chi connectivity index (χ2n) is 10.9. The maximum Gasteiger partial charge on any atom is 0.416 e. The van der Waals surface area contributed by atoms with Crippen LogP contribution in [0.4, 0.5) is 18.9 Å². The molecule has 1 atom stereocenters. The number of ketones is 1. The number of carbonyl (C=O) groups excluding carboxylic acids is 2. The number of piperazine rings is 1. The highest BCUT2D eigenvalue weighted by Gasteiger charge is 2.30. The second kappa shape index (κ2) is 13.9. The van der Waals surface area contributed by atoms with Crippen molar-refractivity contribution in [1.29, 1.82) is 0 Å². The van der Waals surface area contributed by atoms with Crippen molar-refractivity contribution < 1.29 is 27.5 Å².